The molecule has 0 radical (unpaired) electrons. The van der Waals surface area contributed by atoms with Crippen LogP contribution in [0.3, 0.4) is 0 Å². The number of amides is 1. The molecule has 0 aliphatic carbocycles. The molecule has 1 aliphatic rings. The van der Waals surface area contributed by atoms with Crippen LogP contribution in [0.25, 0.3) is 11.3 Å². The van der Waals surface area contributed by atoms with Crippen LogP contribution in [-0.2, 0) is 0 Å². The van der Waals surface area contributed by atoms with Crippen molar-refractivity contribution >= 4 is 5.91 Å². The lowest BCUT2D eigenvalue weighted by Gasteiger charge is -2.26. The van der Waals surface area contributed by atoms with E-state index in [1.54, 1.807) is 11.8 Å². The molecule has 24 heavy (non-hydrogen) atoms. The highest BCUT2D eigenvalue weighted by atomic mass is 16.5. The van der Waals surface area contributed by atoms with Gasteiger partial charge in [-0.25, -0.2) is 0 Å². The first-order valence-electron chi connectivity index (χ1n) is 8.08. The van der Waals surface area contributed by atoms with Gasteiger partial charge in [-0.05, 0) is 27.4 Å². The number of β-amino-alcohol motifs (C(OH)–C–C–N with tert-alkyl or cyclic N) is 1. The number of aromatic nitrogens is 1. The number of carbonyl (C=O) groups excluding carboxylic acids is 1. The predicted molar refractivity (Wildman–Crippen MR) is 90.7 cm³/mol. The second-order valence-electron chi connectivity index (χ2n) is 6.77. The van der Waals surface area contributed by atoms with Gasteiger partial charge in [-0.15, -0.1) is 0 Å². The molecule has 1 aliphatic heterocycles. The van der Waals surface area contributed by atoms with E-state index >= 15 is 0 Å². The Morgan fingerprint density at radius 1 is 1.38 bits per heavy atom. The van der Waals surface area contributed by atoms with Crippen molar-refractivity contribution in [1.82, 2.24) is 15.0 Å². The second-order valence-corrected chi connectivity index (χ2v) is 6.77. The molecule has 0 spiro atoms. The average Bonchev–Trinajstić information content (AvgIpc) is 3.10. The number of hydrogen-bond donors (Lipinski definition) is 1. The van der Waals surface area contributed by atoms with E-state index in [-0.39, 0.29) is 5.91 Å². The summed E-state index contributed by atoms with van der Waals surface area (Å²) in [6, 6.07) is 9.53. The first-order chi connectivity index (χ1) is 11.4. The van der Waals surface area contributed by atoms with Crippen molar-refractivity contribution in [1.29, 1.82) is 0 Å². The molecule has 3 rings (SSSR count). The quantitative estimate of drug-likeness (QED) is 0.926. The molecule has 2 heterocycles. The zero-order chi connectivity index (χ0) is 17.3. The van der Waals surface area contributed by atoms with Crippen LogP contribution in [0.5, 0.6) is 0 Å². The summed E-state index contributed by atoms with van der Waals surface area (Å²) in [5.41, 5.74) is 1.02. The number of hydrogen-bond acceptors (Lipinski definition) is 5. The smallest absolute Gasteiger partial charge is 0.259 e. The van der Waals surface area contributed by atoms with Crippen LogP contribution in [0.1, 0.15) is 22.5 Å². The van der Waals surface area contributed by atoms with Crippen LogP contribution >= 0.6 is 0 Å². The summed E-state index contributed by atoms with van der Waals surface area (Å²) in [6.45, 7) is 3.13. The lowest BCUT2D eigenvalue weighted by Crippen LogP contribution is -2.43. The van der Waals surface area contributed by atoms with Crippen molar-refractivity contribution in [3.63, 3.8) is 0 Å². The van der Waals surface area contributed by atoms with Gasteiger partial charge in [0.2, 0.25) is 0 Å². The summed E-state index contributed by atoms with van der Waals surface area (Å²) in [7, 11) is 3.83. The fourth-order valence-corrected chi connectivity index (χ4v) is 3.32. The average molecular weight is 329 g/mol. The highest BCUT2D eigenvalue weighted by Gasteiger charge is 2.40. The van der Waals surface area contributed by atoms with Crippen LogP contribution in [0.2, 0.25) is 0 Å². The summed E-state index contributed by atoms with van der Waals surface area (Å²) >= 11 is 0. The summed E-state index contributed by atoms with van der Waals surface area (Å²) in [4.78, 5) is 16.6. The molecule has 6 nitrogen and oxygen atoms in total. The first-order valence-corrected chi connectivity index (χ1v) is 8.08. The minimum atomic E-state index is -0.864. The molecule has 0 saturated carbocycles. The van der Waals surface area contributed by atoms with Gasteiger partial charge in [0.15, 0.2) is 0 Å². The number of aliphatic hydroxyl groups is 1. The van der Waals surface area contributed by atoms with Crippen molar-refractivity contribution in [2.75, 3.05) is 33.7 Å². The van der Waals surface area contributed by atoms with E-state index in [9.17, 15) is 9.90 Å². The van der Waals surface area contributed by atoms with Crippen LogP contribution < -0.4 is 0 Å². The molecule has 1 aromatic carbocycles. The van der Waals surface area contributed by atoms with E-state index < -0.39 is 5.60 Å². The SMILES string of the molecule is Cc1onc(-c2ccccc2)c1C(=O)N1CC[C@@](O)(CN(C)C)C1. The Labute approximate surface area is 141 Å². The maximum Gasteiger partial charge on any atom is 0.259 e. The molecule has 1 amide bonds. The van der Waals surface area contributed by atoms with Crippen molar-refractivity contribution < 1.29 is 14.4 Å². The lowest BCUT2D eigenvalue weighted by atomic mass is 10.0. The second kappa shape index (κ2) is 6.37. The highest BCUT2D eigenvalue weighted by Crippen LogP contribution is 2.29. The van der Waals surface area contributed by atoms with E-state index in [1.165, 1.54) is 0 Å². The van der Waals surface area contributed by atoms with Gasteiger partial charge in [-0.3, -0.25) is 4.79 Å². The normalized spacial score (nSPS) is 20.8. The molecule has 128 valence electrons. The van der Waals surface area contributed by atoms with Crippen LogP contribution in [0.15, 0.2) is 34.9 Å². The molecular formula is C18H23N3O3. The van der Waals surface area contributed by atoms with E-state index in [1.807, 2.05) is 49.3 Å². The maximum atomic E-state index is 13.0. The maximum absolute atomic E-state index is 13.0. The minimum absolute atomic E-state index is 0.137. The Hall–Kier alpha value is -2.18. The van der Waals surface area contributed by atoms with Crippen molar-refractivity contribution in [2.45, 2.75) is 18.9 Å². The van der Waals surface area contributed by atoms with Crippen molar-refractivity contribution in [3.05, 3.63) is 41.7 Å². The van der Waals surface area contributed by atoms with Gasteiger partial charge in [-0.1, -0.05) is 35.5 Å². The minimum Gasteiger partial charge on any atom is -0.387 e. The predicted octanol–water partition coefficient (Wildman–Crippen LogP) is 1.79. The number of carbonyl (C=O) groups is 1. The molecule has 6 heteroatoms. The summed E-state index contributed by atoms with van der Waals surface area (Å²) in [5, 5.41) is 14.7. The molecule has 1 atom stereocenters. The van der Waals surface area contributed by atoms with Gasteiger partial charge in [0.25, 0.3) is 5.91 Å². The number of likely N-dealkylation sites (N-methyl/N-ethyl adjacent to an activating group) is 1. The van der Waals surface area contributed by atoms with Gasteiger partial charge >= 0.3 is 0 Å². The van der Waals surface area contributed by atoms with Crippen LogP contribution in [0, 0.1) is 6.92 Å². The van der Waals surface area contributed by atoms with Crippen molar-refractivity contribution in [3.8, 4) is 11.3 Å². The van der Waals surface area contributed by atoms with Gasteiger partial charge < -0.3 is 19.4 Å². The molecule has 1 aromatic heterocycles. The molecule has 2 aromatic rings. The van der Waals surface area contributed by atoms with E-state index in [0.29, 0.717) is 43.1 Å². The fraction of sp³-hybridized carbons (Fsp3) is 0.444. The fourth-order valence-electron chi connectivity index (χ4n) is 3.32. The number of rotatable bonds is 4. The molecule has 1 saturated heterocycles. The van der Waals surface area contributed by atoms with Gasteiger partial charge in [-0.2, -0.15) is 0 Å². The molecule has 1 N–H and O–H groups in total. The standard InChI is InChI=1S/C18H23N3O3/c1-13-15(16(19-24-13)14-7-5-4-6-8-14)17(22)21-10-9-18(23,12-21)11-20(2)3/h4-8,23H,9-12H2,1-3H3/t18-/m1/s1. The van der Waals surface area contributed by atoms with E-state index in [0.717, 1.165) is 5.56 Å². The number of aryl methyl sites for hydroxylation is 1. The van der Waals surface area contributed by atoms with E-state index in [4.69, 9.17) is 4.52 Å². The van der Waals surface area contributed by atoms with Crippen molar-refractivity contribution in [2.24, 2.45) is 0 Å². The molecular weight excluding hydrogens is 306 g/mol. The summed E-state index contributed by atoms with van der Waals surface area (Å²) in [6.07, 6.45) is 0.571. The number of benzene rings is 1. The number of nitrogens with zero attached hydrogens (tertiary/aromatic N) is 3. The Bertz CT molecular complexity index is 726. The van der Waals surface area contributed by atoms with Gasteiger partial charge in [0.05, 0.1) is 12.1 Å². The Kier molecular flexibility index (Phi) is 4.43. The Morgan fingerprint density at radius 3 is 2.75 bits per heavy atom. The summed E-state index contributed by atoms with van der Waals surface area (Å²) < 4.78 is 5.28. The largest absolute Gasteiger partial charge is 0.387 e. The monoisotopic (exact) mass is 329 g/mol. The third-order valence-electron chi connectivity index (χ3n) is 4.35. The third kappa shape index (κ3) is 3.20. The lowest BCUT2D eigenvalue weighted by molar-refractivity contribution is 0.0236. The van der Waals surface area contributed by atoms with Gasteiger partial charge in [0, 0.05) is 18.7 Å². The zero-order valence-electron chi connectivity index (χ0n) is 14.3. The third-order valence-corrected chi connectivity index (χ3v) is 4.35. The Balaban J connectivity index is 1.86. The van der Waals surface area contributed by atoms with Crippen LogP contribution in [0.4, 0.5) is 0 Å². The van der Waals surface area contributed by atoms with E-state index in [2.05, 4.69) is 5.16 Å². The molecule has 1 fully saturated rings. The first kappa shape index (κ1) is 16.7. The Morgan fingerprint density at radius 2 is 2.08 bits per heavy atom. The highest BCUT2D eigenvalue weighted by molar-refractivity contribution is 6.01. The topological polar surface area (TPSA) is 69.8 Å². The summed E-state index contributed by atoms with van der Waals surface area (Å²) in [5.74, 6) is 0.365. The zero-order valence-corrected chi connectivity index (χ0v) is 14.3. The molecule has 0 unspecified atom stereocenters. The van der Waals surface area contributed by atoms with Crippen LogP contribution in [-0.4, -0.2) is 65.3 Å². The molecule has 0 bridgehead atoms. The number of likely N-dealkylation sites (tertiary alicyclic amines) is 1. The van der Waals surface area contributed by atoms with Gasteiger partial charge in [0.1, 0.15) is 17.0 Å².